The van der Waals surface area contributed by atoms with Crippen LogP contribution in [0.25, 0.3) is 11.4 Å². The van der Waals surface area contributed by atoms with Gasteiger partial charge in [-0.25, -0.2) is 0 Å². The monoisotopic (exact) mass is 285 g/mol. The summed E-state index contributed by atoms with van der Waals surface area (Å²) in [6.07, 6.45) is -6.06. The zero-order chi connectivity index (χ0) is 14.8. The molecule has 0 atom stereocenters. The number of nitrogens with zero attached hydrogens (tertiary/aromatic N) is 2. The number of amides is 1. The number of aromatic nitrogens is 2. The van der Waals surface area contributed by atoms with Crippen LogP contribution in [-0.4, -0.2) is 22.2 Å². The van der Waals surface area contributed by atoms with E-state index in [0.717, 1.165) is 0 Å². The first-order chi connectivity index (χ1) is 9.33. The predicted molar refractivity (Wildman–Crippen MR) is 63.8 cm³/mol. The summed E-state index contributed by atoms with van der Waals surface area (Å²) in [4.78, 5) is 15.2. The molecule has 0 radical (unpaired) electrons. The topological polar surface area (TPSA) is 68.0 Å². The molecule has 0 saturated carbocycles. The Balaban J connectivity index is 2.12. The number of nitrogens with one attached hydrogen (secondary N) is 1. The minimum absolute atomic E-state index is 0.235. The fraction of sp³-hybridized carbons (Fsp3) is 0.250. The number of hydrogen-bond acceptors (Lipinski definition) is 4. The standard InChI is InChI=1S/C12H10F3N3O2/c1-7-16-11(18-20-7)8-3-2-4-9(5-8)17-10(19)6-12(13,14)15/h2-5H,6H2,1H3,(H,17,19). The smallest absolute Gasteiger partial charge is 0.339 e. The minimum atomic E-state index is -4.54. The van der Waals surface area contributed by atoms with Gasteiger partial charge in [0, 0.05) is 18.2 Å². The van der Waals surface area contributed by atoms with Crippen molar-refractivity contribution in [3.63, 3.8) is 0 Å². The average molecular weight is 285 g/mol. The molecule has 1 amide bonds. The van der Waals surface area contributed by atoms with Gasteiger partial charge in [0.1, 0.15) is 6.42 Å². The molecule has 8 heteroatoms. The van der Waals surface area contributed by atoms with E-state index >= 15 is 0 Å². The van der Waals surface area contributed by atoms with Crippen molar-refractivity contribution in [2.45, 2.75) is 19.5 Å². The summed E-state index contributed by atoms with van der Waals surface area (Å²) >= 11 is 0. The third-order valence-corrected chi connectivity index (χ3v) is 2.29. The Morgan fingerprint density at radius 1 is 1.40 bits per heavy atom. The van der Waals surface area contributed by atoms with E-state index in [0.29, 0.717) is 17.3 Å². The second-order valence-corrected chi connectivity index (χ2v) is 4.06. The first-order valence-electron chi connectivity index (χ1n) is 5.61. The van der Waals surface area contributed by atoms with Gasteiger partial charge >= 0.3 is 6.18 Å². The number of carbonyl (C=O) groups is 1. The Hall–Kier alpha value is -2.38. The summed E-state index contributed by atoms with van der Waals surface area (Å²) in [5, 5.41) is 5.86. The number of rotatable bonds is 3. The van der Waals surface area contributed by atoms with Gasteiger partial charge in [0.05, 0.1) is 0 Å². The van der Waals surface area contributed by atoms with Crippen molar-refractivity contribution in [2.24, 2.45) is 0 Å². The summed E-state index contributed by atoms with van der Waals surface area (Å²) < 4.78 is 41.0. The molecule has 0 bridgehead atoms. The van der Waals surface area contributed by atoms with Crippen molar-refractivity contribution in [1.29, 1.82) is 0 Å². The molecule has 5 nitrogen and oxygen atoms in total. The highest BCUT2D eigenvalue weighted by atomic mass is 19.4. The van der Waals surface area contributed by atoms with Gasteiger partial charge in [-0.15, -0.1) is 0 Å². The third-order valence-electron chi connectivity index (χ3n) is 2.29. The maximum Gasteiger partial charge on any atom is 0.397 e. The Labute approximate surface area is 111 Å². The zero-order valence-corrected chi connectivity index (χ0v) is 10.4. The summed E-state index contributed by atoms with van der Waals surface area (Å²) in [6, 6.07) is 6.18. The van der Waals surface area contributed by atoms with Crippen LogP contribution in [0, 0.1) is 6.92 Å². The highest BCUT2D eigenvalue weighted by Crippen LogP contribution is 2.22. The molecule has 0 aliphatic carbocycles. The predicted octanol–water partition coefficient (Wildman–Crippen LogP) is 2.94. The molecule has 1 heterocycles. The van der Waals surface area contributed by atoms with Crippen LogP contribution >= 0.6 is 0 Å². The second-order valence-electron chi connectivity index (χ2n) is 4.06. The second kappa shape index (κ2) is 5.32. The molecular formula is C12H10F3N3O2. The summed E-state index contributed by atoms with van der Waals surface area (Å²) in [5.74, 6) is -0.458. The van der Waals surface area contributed by atoms with Crippen LogP contribution < -0.4 is 5.32 Å². The highest BCUT2D eigenvalue weighted by Gasteiger charge is 2.31. The first-order valence-corrected chi connectivity index (χ1v) is 5.61. The van der Waals surface area contributed by atoms with E-state index in [-0.39, 0.29) is 5.69 Å². The lowest BCUT2D eigenvalue weighted by Gasteiger charge is -2.08. The van der Waals surface area contributed by atoms with Crippen molar-refractivity contribution in [1.82, 2.24) is 10.1 Å². The van der Waals surface area contributed by atoms with Crippen LogP contribution in [0.3, 0.4) is 0 Å². The number of anilines is 1. The molecule has 0 saturated heterocycles. The maximum atomic E-state index is 12.1. The van der Waals surface area contributed by atoms with Gasteiger partial charge in [0.25, 0.3) is 0 Å². The average Bonchev–Trinajstić information content (AvgIpc) is 2.73. The van der Waals surface area contributed by atoms with Crippen molar-refractivity contribution in [3.05, 3.63) is 30.2 Å². The fourth-order valence-corrected chi connectivity index (χ4v) is 1.54. The van der Waals surface area contributed by atoms with E-state index in [1.165, 1.54) is 12.1 Å². The van der Waals surface area contributed by atoms with Crippen molar-refractivity contribution in [3.8, 4) is 11.4 Å². The largest absolute Gasteiger partial charge is 0.397 e. The molecule has 106 valence electrons. The van der Waals surface area contributed by atoms with Gasteiger partial charge in [-0.3, -0.25) is 4.79 Å². The van der Waals surface area contributed by atoms with Crippen molar-refractivity contribution >= 4 is 11.6 Å². The molecule has 20 heavy (non-hydrogen) atoms. The van der Waals surface area contributed by atoms with E-state index in [2.05, 4.69) is 15.5 Å². The summed E-state index contributed by atoms with van der Waals surface area (Å²) in [7, 11) is 0. The van der Waals surface area contributed by atoms with E-state index in [9.17, 15) is 18.0 Å². The fourth-order valence-electron chi connectivity index (χ4n) is 1.54. The van der Waals surface area contributed by atoms with Crippen LogP contribution in [0.4, 0.5) is 18.9 Å². The molecule has 1 N–H and O–H groups in total. The van der Waals surface area contributed by atoms with Gasteiger partial charge in [-0.05, 0) is 12.1 Å². The molecular weight excluding hydrogens is 275 g/mol. The summed E-state index contributed by atoms with van der Waals surface area (Å²) in [5.41, 5.74) is 0.769. The molecule has 2 rings (SSSR count). The Bertz CT molecular complexity index is 622. The molecule has 0 spiro atoms. The lowest BCUT2D eigenvalue weighted by atomic mass is 10.2. The number of carbonyl (C=O) groups excluding carboxylic acids is 1. The number of halogens is 3. The highest BCUT2D eigenvalue weighted by molar-refractivity contribution is 5.91. The summed E-state index contributed by atoms with van der Waals surface area (Å²) in [6.45, 7) is 1.62. The van der Waals surface area contributed by atoms with Crippen molar-refractivity contribution < 1.29 is 22.5 Å². The Morgan fingerprint density at radius 3 is 2.75 bits per heavy atom. The Morgan fingerprint density at radius 2 is 2.15 bits per heavy atom. The molecule has 0 aliphatic rings. The van der Waals surface area contributed by atoms with E-state index in [4.69, 9.17) is 4.52 Å². The Kier molecular flexibility index (Phi) is 3.73. The quantitative estimate of drug-likeness (QED) is 0.941. The number of alkyl halides is 3. The van der Waals surface area contributed by atoms with Gasteiger partial charge in [0.2, 0.25) is 17.6 Å². The van der Waals surface area contributed by atoms with Crippen LogP contribution in [0.1, 0.15) is 12.3 Å². The molecule has 1 aromatic carbocycles. The van der Waals surface area contributed by atoms with E-state index in [1.807, 2.05) is 0 Å². The van der Waals surface area contributed by atoms with Gasteiger partial charge in [-0.1, -0.05) is 17.3 Å². The SMILES string of the molecule is Cc1nc(-c2cccc(NC(=O)CC(F)(F)F)c2)no1. The lowest BCUT2D eigenvalue weighted by molar-refractivity contribution is -0.150. The van der Waals surface area contributed by atoms with E-state index < -0.39 is 18.5 Å². The lowest BCUT2D eigenvalue weighted by Crippen LogP contribution is -2.21. The third kappa shape index (κ3) is 3.81. The molecule has 0 unspecified atom stereocenters. The van der Waals surface area contributed by atoms with Gasteiger partial charge in [0.15, 0.2) is 0 Å². The zero-order valence-electron chi connectivity index (χ0n) is 10.4. The van der Waals surface area contributed by atoms with E-state index in [1.54, 1.807) is 19.1 Å². The number of benzene rings is 1. The van der Waals surface area contributed by atoms with Gasteiger partial charge < -0.3 is 9.84 Å². The van der Waals surface area contributed by atoms with Crippen molar-refractivity contribution in [2.75, 3.05) is 5.32 Å². The maximum absolute atomic E-state index is 12.1. The van der Waals surface area contributed by atoms with Crippen LogP contribution in [-0.2, 0) is 4.79 Å². The van der Waals surface area contributed by atoms with Gasteiger partial charge in [-0.2, -0.15) is 18.2 Å². The normalized spacial score (nSPS) is 11.4. The van der Waals surface area contributed by atoms with Crippen LogP contribution in [0.5, 0.6) is 0 Å². The molecule has 1 aromatic heterocycles. The number of aryl methyl sites for hydroxylation is 1. The molecule has 0 fully saturated rings. The molecule has 2 aromatic rings. The molecule has 0 aliphatic heterocycles. The van der Waals surface area contributed by atoms with Crippen LogP contribution in [0.2, 0.25) is 0 Å². The minimum Gasteiger partial charge on any atom is -0.339 e. The first kappa shape index (κ1) is 14.0. The number of hydrogen-bond donors (Lipinski definition) is 1. The van der Waals surface area contributed by atoms with Crippen LogP contribution in [0.15, 0.2) is 28.8 Å².